The molecule has 1 aliphatic heterocycles. The summed E-state index contributed by atoms with van der Waals surface area (Å²) in [6.45, 7) is 2.39. The Morgan fingerprint density at radius 2 is 1.87 bits per heavy atom. The van der Waals surface area contributed by atoms with Crippen LogP contribution in [0, 0.1) is 22.7 Å². The zero-order valence-electron chi connectivity index (χ0n) is 16.8. The molecule has 0 radical (unpaired) electrons. The molecule has 1 saturated carbocycles. The molecule has 2 heterocycles. The van der Waals surface area contributed by atoms with Crippen LogP contribution >= 0.6 is 11.8 Å². The molecule has 1 atom stereocenters. The summed E-state index contributed by atoms with van der Waals surface area (Å²) in [4.78, 5) is 31.0. The van der Waals surface area contributed by atoms with Gasteiger partial charge in [0.1, 0.15) is 28.7 Å². The number of anilines is 2. The van der Waals surface area contributed by atoms with Crippen LogP contribution in [0.5, 0.6) is 5.75 Å². The number of imide groups is 1. The van der Waals surface area contributed by atoms with E-state index in [-0.39, 0.29) is 41.1 Å². The number of carbonyl (C=O) groups excluding carboxylic acids is 2. The molecule has 1 aromatic heterocycles. The summed E-state index contributed by atoms with van der Waals surface area (Å²) in [6, 6.07) is 10.9. The van der Waals surface area contributed by atoms with Gasteiger partial charge in [-0.1, -0.05) is 11.8 Å². The van der Waals surface area contributed by atoms with Crippen molar-refractivity contribution in [3.8, 4) is 17.9 Å². The lowest BCUT2D eigenvalue weighted by molar-refractivity contribution is -0.121. The van der Waals surface area contributed by atoms with Crippen molar-refractivity contribution in [1.29, 1.82) is 10.5 Å². The van der Waals surface area contributed by atoms with Crippen molar-refractivity contribution in [2.24, 2.45) is 0 Å². The first-order valence-electron chi connectivity index (χ1n) is 9.88. The summed E-state index contributed by atoms with van der Waals surface area (Å²) >= 11 is 1.06. The zero-order valence-corrected chi connectivity index (χ0v) is 17.6. The minimum absolute atomic E-state index is 0.0120. The smallest absolute Gasteiger partial charge is 0.247 e. The monoisotopic (exact) mass is 433 g/mol. The number of hydrogen-bond acceptors (Lipinski definition) is 8. The van der Waals surface area contributed by atoms with Gasteiger partial charge in [0, 0.05) is 6.42 Å². The second-order valence-corrected chi connectivity index (χ2v) is 8.46. The maximum absolute atomic E-state index is 13.0. The van der Waals surface area contributed by atoms with Crippen molar-refractivity contribution in [3.05, 3.63) is 41.0 Å². The molecular weight excluding hydrogens is 414 g/mol. The maximum Gasteiger partial charge on any atom is 0.247 e. The van der Waals surface area contributed by atoms with Gasteiger partial charge in [0.05, 0.1) is 28.7 Å². The van der Waals surface area contributed by atoms with Crippen LogP contribution in [0.2, 0.25) is 0 Å². The van der Waals surface area contributed by atoms with Crippen molar-refractivity contribution in [2.45, 2.75) is 42.4 Å². The normalized spacial score (nSPS) is 18.0. The van der Waals surface area contributed by atoms with E-state index < -0.39 is 5.25 Å². The van der Waals surface area contributed by atoms with Gasteiger partial charge < -0.3 is 10.5 Å². The van der Waals surface area contributed by atoms with Gasteiger partial charge in [0.2, 0.25) is 11.8 Å². The van der Waals surface area contributed by atoms with Gasteiger partial charge in [-0.15, -0.1) is 0 Å². The van der Waals surface area contributed by atoms with Crippen LogP contribution in [0.25, 0.3) is 0 Å². The molecule has 2 fully saturated rings. The molecule has 4 rings (SSSR count). The Kier molecular flexibility index (Phi) is 5.53. The number of nitrogens with zero attached hydrogens (tertiary/aromatic N) is 4. The Morgan fingerprint density at radius 3 is 2.45 bits per heavy atom. The summed E-state index contributed by atoms with van der Waals surface area (Å²) in [5.74, 6) is 0.107. The van der Waals surface area contributed by atoms with Gasteiger partial charge in [-0.25, -0.2) is 9.88 Å². The molecule has 1 aromatic carbocycles. The first-order chi connectivity index (χ1) is 15.0. The number of nitrogens with two attached hydrogens (primary N) is 1. The first-order valence-corrected chi connectivity index (χ1v) is 10.8. The molecule has 9 heteroatoms. The lowest BCUT2D eigenvalue weighted by Gasteiger charge is -2.16. The molecular formula is C22H19N5O3S. The van der Waals surface area contributed by atoms with Crippen molar-refractivity contribution in [3.63, 3.8) is 0 Å². The van der Waals surface area contributed by atoms with E-state index >= 15 is 0 Å². The van der Waals surface area contributed by atoms with Crippen molar-refractivity contribution >= 4 is 35.1 Å². The molecule has 8 nitrogen and oxygen atoms in total. The highest BCUT2D eigenvalue weighted by Crippen LogP contribution is 2.47. The SMILES string of the molecule is CCOc1ccc(N2C(=O)CC(Sc3nc(N)c(C#N)c(C4CC4)c3C#N)C2=O)cc1. The van der Waals surface area contributed by atoms with Gasteiger partial charge in [0.15, 0.2) is 0 Å². The lowest BCUT2D eigenvalue weighted by Crippen LogP contribution is -2.31. The summed E-state index contributed by atoms with van der Waals surface area (Å²) in [7, 11) is 0. The van der Waals surface area contributed by atoms with Gasteiger partial charge >= 0.3 is 0 Å². The van der Waals surface area contributed by atoms with E-state index in [9.17, 15) is 20.1 Å². The molecule has 2 aliphatic rings. The fourth-order valence-corrected chi connectivity index (χ4v) is 4.78. The van der Waals surface area contributed by atoms with E-state index in [1.165, 1.54) is 0 Å². The quantitative estimate of drug-likeness (QED) is 0.687. The molecule has 1 unspecified atom stereocenters. The van der Waals surface area contributed by atoms with Crippen LogP contribution in [0.15, 0.2) is 29.3 Å². The second kappa shape index (κ2) is 8.29. The highest BCUT2D eigenvalue weighted by Gasteiger charge is 2.41. The summed E-state index contributed by atoms with van der Waals surface area (Å²) in [5, 5.41) is 18.8. The zero-order chi connectivity index (χ0) is 22.1. The van der Waals surface area contributed by atoms with E-state index in [1.54, 1.807) is 24.3 Å². The molecule has 2 amide bonds. The largest absolute Gasteiger partial charge is 0.494 e. The number of nitriles is 2. The highest BCUT2D eigenvalue weighted by atomic mass is 32.2. The third-order valence-corrected chi connectivity index (χ3v) is 6.38. The Bertz CT molecular complexity index is 1150. The van der Waals surface area contributed by atoms with E-state index in [0.29, 0.717) is 28.6 Å². The summed E-state index contributed by atoms with van der Waals surface area (Å²) in [6.07, 6.45) is 1.74. The van der Waals surface area contributed by atoms with Crippen LogP contribution < -0.4 is 15.4 Å². The fraction of sp³-hybridized carbons (Fsp3) is 0.318. The molecule has 1 saturated heterocycles. The van der Waals surface area contributed by atoms with Crippen LogP contribution in [-0.4, -0.2) is 28.7 Å². The Labute approximate surface area is 183 Å². The van der Waals surface area contributed by atoms with Gasteiger partial charge in [-0.3, -0.25) is 9.59 Å². The van der Waals surface area contributed by atoms with Crippen molar-refractivity contribution < 1.29 is 14.3 Å². The van der Waals surface area contributed by atoms with E-state index in [1.807, 2.05) is 6.92 Å². The maximum atomic E-state index is 13.0. The molecule has 31 heavy (non-hydrogen) atoms. The van der Waals surface area contributed by atoms with Gasteiger partial charge in [0.25, 0.3) is 0 Å². The molecule has 156 valence electrons. The van der Waals surface area contributed by atoms with Gasteiger partial charge in [-0.05, 0) is 55.5 Å². The van der Waals surface area contributed by atoms with Crippen LogP contribution in [0.3, 0.4) is 0 Å². The van der Waals surface area contributed by atoms with Crippen molar-refractivity contribution in [1.82, 2.24) is 4.98 Å². The number of amides is 2. The molecule has 2 aromatic rings. The van der Waals surface area contributed by atoms with Crippen LogP contribution in [0.4, 0.5) is 11.5 Å². The minimum atomic E-state index is -0.724. The Balaban J connectivity index is 1.62. The predicted octanol–water partition coefficient (Wildman–Crippen LogP) is 3.11. The molecule has 0 bridgehead atoms. The Morgan fingerprint density at radius 1 is 1.19 bits per heavy atom. The van der Waals surface area contributed by atoms with Crippen LogP contribution in [-0.2, 0) is 9.59 Å². The number of ether oxygens (including phenoxy) is 1. The fourth-order valence-electron chi connectivity index (χ4n) is 3.65. The third kappa shape index (κ3) is 3.80. The number of aromatic nitrogens is 1. The van der Waals surface area contributed by atoms with E-state index in [2.05, 4.69) is 17.1 Å². The number of thioether (sulfide) groups is 1. The van der Waals surface area contributed by atoms with E-state index in [4.69, 9.17) is 10.5 Å². The first kappa shape index (κ1) is 20.7. The standard InChI is InChI=1S/C22H19N5O3S/c1-2-30-14-7-5-13(6-8-14)27-18(28)9-17(22(27)29)31-21-16(11-24)19(12-3-4-12)15(10-23)20(25)26-21/h5-8,12,17H,2-4,9H2,1H3,(H2,25,26). The van der Waals surface area contributed by atoms with E-state index in [0.717, 1.165) is 29.5 Å². The van der Waals surface area contributed by atoms with Gasteiger partial charge in [-0.2, -0.15) is 10.5 Å². The number of hydrogen-bond donors (Lipinski definition) is 1. The summed E-state index contributed by atoms with van der Waals surface area (Å²) in [5.41, 5.74) is 7.57. The average Bonchev–Trinajstić information content (AvgIpc) is 3.55. The average molecular weight is 433 g/mol. The topological polar surface area (TPSA) is 133 Å². The van der Waals surface area contributed by atoms with Crippen LogP contribution in [0.1, 0.15) is 48.8 Å². The summed E-state index contributed by atoms with van der Waals surface area (Å²) < 4.78 is 5.40. The number of rotatable bonds is 6. The van der Waals surface area contributed by atoms with Crippen molar-refractivity contribution in [2.75, 3.05) is 17.2 Å². The molecule has 2 N–H and O–H groups in total. The highest BCUT2D eigenvalue weighted by molar-refractivity contribution is 8.00. The number of carbonyl (C=O) groups is 2. The predicted molar refractivity (Wildman–Crippen MR) is 114 cm³/mol. The lowest BCUT2D eigenvalue weighted by atomic mass is 10.0. The molecule has 1 aliphatic carbocycles. The Hall–Kier alpha value is -3.56. The molecule has 0 spiro atoms. The number of pyridine rings is 1. The second-order valence-electron chi connectivity index (χ2n) is 7.27. The number of nitrogen functional groups attached to an aromatic ring is 1. The third-order valence-electron chi connectivity index (χ3n) is 5.20. The minimum Gasteiger partial charge on any atom is -0.494 e. The number of benzene rings is 1.